The molecule has 4 aromatic rings. The first-order chi connectivity index (χ1) is 13.7. The van der Waals surface area contributed by atoms with E-state index in [9.17, 15) is 0 Å². The predicted octanol–water partition coefficient (Wildman–Crippen LogP) is 6.72. The maximum Gasteiger partial charge on any atom is 0.119 e. The van der Waals surface area contributed by atoms with E-state index < -0.39 is 0 Å². The van der Waals surface area contributed by atoms with Crippen LogP contribution in [0.15, 0.2) is 90.0 Å². The number of aromatic nitrogens is 2. The van der Waals surface area contributed by atoms with Gasteiger partial charge in [0.05, 0.1) is 5.69 Å². The van der Waals surface area contributed by atoms with E-state index in [0.29, 0.717) is 0 Å². The number of hydrogen-bond donors (Lipinski definition) is 0. The normalized spacial score (nSPS) is 10.8. The second kappa shape index (κ2) is 8.41. The van der Waals surface area contributed by atoms with Gasteiger partial charge in [0.25, 0.3) is 0 Å². The van der Waals surface area contributed by atoms with Crippen LogP contribution in [0.25, 0.3) is 22.4 Å². The molecule has 0 spiro atoms. The van der Waals surface area contributed by atoms with Gasteiger partial charge in [0, 0.05) is 11.3 Å². The Balaban J connectivity index is 1.45. The third-order valence-electron chi connectivity index (χ3n) is 4.81. The van der Waals surface area contributed by atoms with Crippen molar-refractivity contribution in [1.82, 2.24) is 10.2 Å². The highest BCUT2D eigenvalue weighted by molar-refractivity contribution is 7.98. The summed E-state index contributed by atoms with van der Waals surface area (Å²) in [5, 5.41) is 9.80. The third kappa shape index (κ3) is 4.32. The first kappa shape index (κ1) is 18.5. The van der Waals surface area contributed by atoms with E-state index in [1.54, 1.807) is 11.8 Å². The molecule has 2 nitrogen and oxygen atoms in total. The summed E-state index contributed by atoms with van der Waals surface area (Å²) in [4.78, 5) is 0. The molecule has 3 aromatic carbocycles. The Morgan fingerprint density at radius 2 is 1.39 bits per heavy atom. The van der Waals surface area contributed by atoms with Crippen LogP contribution in [0.4, 0.5) is 0 Å². The van der Waals surface area contributed by atoms with Crippen molar-refractivity contribution in [3.63, 3.8) is 0 Å². The molecule has 0 saturated heterocycles. The molecule has 1 heterocycles. The van der Waals surface area contributed by atoms with Gasteiger partial charge >= 0.3 is 0 Å². The summed E-state index contributed by atoms with van der Waals surface area (Å²) in [5.41, 5.74) is 8.38. The standard InChI is InChI=1S/C25H22N2S/c1-18-8-9-19(2)23(16-18)17-28-25-15-14-24(26-27-25)22-12-10-21(11-13-22)20-6-4-3-5-7-20/h3-16H,17H2,1-2H3. The Bertz CT molecular complexity index is 1060. The van der Waals surface area contributed by atoms with E-state index in [1.807, 2.05) is 6.07 Å². The van der Waals surface area contributed by atoms with Crippen molar-refractivity contribution in [2.45, 2.75) is 24.6 Å². The molecule has 0 N–H and O–H groups in total. The van der Waals surface area contributed by atoms with Crippen molar-refractivity contribution < 1.29 is 0 Å². The molecule has 3 heteroatoms. The quantitative estimate of drug-likeness (QED) is 0.358. The molecular formula is C25H22N2S. The minimum atomic E-state index is 0.899. The average molecular weight is 383 g/mol. The zero-order valence-corrected chi connectivity index (χ0v) is 16.9. The topological polar surface area (TPSA) is 25.8 Å². The lowest BCUT2D eigenvalue weighted by Crippen LogP contribution is -1.92. The number of benzene rings is 3. The molecule has 28 heavy (non-hydrogen) atoms. The van der Waals surface area contributed by atoms with Crippen LogP contribution in [0, 0.1) is 13.8 Å². The van der Waals surface area contributed by atoms with Crippen molar-refractivity contribution in [2.75, 3.05) is 0 Å². The van der Waals surface area contributed by atoms with E-state index in [4.69, 9.17) is 0 Å². The van der Waals surface area contributed by atoms with Crippen molar-refractivity contribution in [2.24, 2.45) is 0 Å². The maximum absolute atomic E-state index is 4.43. The smallest absolute Gasteiger partial charge is 0.119 e. The van der Waals surface area contributed by atoms with E-state index in [0.717, 1.165) is 22.0 Å². The molecule has 0 atom stereocenters. The highest BCUT2D eigenvalue weighted by Crippen LogP contribution is 2.26. The number of nitrogens with zero attached hydrogens (tertiary/aromatic N) is 2. The van der Waals surface area contributed by atoms with Crippen LogP contribution in [0.1, 0.15) is 16.7 Å². The summed E-state index contributed by atoms with van der Waals surface area (Å²) >= 11 is 1.73. The number of aryl methyl sites for hydroxylation is 2. The van der Waals surface area contributed by atoms with Gasteiger partial charge in [0.15, 0.2) is 0 Å². The molecule has 0 amide bonds. The summed E-state index contributed by atoms with van der Waals surface area (Å²) in [6.07, 6.45) is 0. The third-order valence-corrected chi connectivity index (χ3v) is 5.78. The van der Waals surface area contributed by atoms with Crippen LogP contribution < -0.4 is 0 Å². The fraction of sp³-hybridized carbons (Fsp3) is 0.120. The number of hydrogen-bond acceptors (Lipinski definition) is 3. The molecule has 0 aliphatic carbocycles. The lowest BCUT2D eigenvalue weighted by atomic mass is 10.0. The molecule has 0 unspecified atom stereocenters. The van der Waals surface area contributed by atoms with Gasteiger partial charge in [0.2, 0.25) is 0 Å². The molecule has 0 saturated carbocycles. The lowest BCUT2D eigenvalue weighted by Gasteiger charge is -2.07. The van der Waals surface area contributed by atoms with Gasteiger partial charge < -0.3 is 0 Å². The maximum atomic E-state index is 4.43. The Hall–Kier alpha value is -2.91. The first-order valence-electron chi connectivity index (χ1n) is 9.37. The van der Waals surface area contributed by atoms with Gasteiger partial charge in [-0.05, 0) is 48.2 Å². The zero-order chi connectivity index (χ0) is 19.3. The molecule has 138 valence electrons. The second-order valence-electron chi connectivity index (χ2n) is 6.92. The van der Waals surface area contributed by atoms with E-state index in [1.165, 1.54) is 27.8 Å². The van der Waals surface area contributed by atoms with Crippen molar-refractivity contribution in [3.05, 3.63) is 102 Å². The molecule has 0 aliphatic heterocycles. The monoisotopic (exact) mass is 382 g/mol. The van der Waals surface area contributed by atoms with Gasteiger partial charge in [0.1, 0.15) is 5.03 Å². The first-order valence-corrected chi connectivity index (χ1v) is 10.4. The summed E-state index contributed by atoms with van der Waals surface area (Å²) in [6, 6.07) is 29.6. The Kier molecular flexibility index (Phi) is 5.54. The summed E-state index contributed by atoms with van der Waals surface area (Å²) < 4.78 is 0. The highest BCUT2D eigenvalue weighted by atomic mass is 32.2. The molecule has 0 bridgehead atoms. The van der Waals surface area contributed by atoms with Gasteiger partial charge in [-0.1, -0.05) is 90.1 Å². The minimum Gasteiger partial charge on any atom is -0.149 e. The summed E-state index contributed by atoms with van der Waals surface area (Å²) in [7, 11) is 0. The van der Waals surface area contributed by atoms with Crippen molar-refractivity contribution >= 4 is 11.8 Å². The van der Waals surface area contributed by atoms with Gasteiger partial charge in [-0.3, -0.25) is 0 Å². The molecule has 0 radical (unpaired) electrons. The van der Waals surface area contributed by atoms with Crippen LogP contribution in [0.2, 0.25) is 0 Å². The van der Waals surface area contributed by atoms with Gasteiger partial charge in [-0.15, -0.1) is 10.2 Å². The second-order valence-corrected chi connectivity index (χ2v) is 7.91. The molecule has 0 aliphatic rings. The molecule has 0 fully saturated rings. The SMILES string of the molecule is Cc1ccc(C)c(CSc2ccc(-c3ccc(-c4ccccc4)cc3)nn2)c1. The Morgan fingerprint density at radius 1 is 0.679 bits per heavy atom. The van der Waals surface area contributed by atoms with E-state index in [-0.39, 0.29) is 0 Å². The predicted molar refractivity (Wildman–Crippen MR) is 118 cm³/mol. The Morgan fingerprint density at radius 3 is 2.11 bits per heavy atom. The fourth-order valence-electron chi connectivity index (χ4n) is 3.12. The zero-order valence-electron chi connectivity index (χ0n) is 16.1. The highest BCUT2D eigenvalue weighted by Gasteiger charge is 2.05. The summed E-state index contributed by atoms with van der Waals surface area (Å²) in [5.74, 6) is 0.910. The Labute approximate surface area is 170 Å². The minimum absolute atomic E-state index is 0.899. The van der Waals surface area contributed by atoms with Crippen molar-refractivity contribution in [3.8, 4) is 22.4 Å². The molecule has 4 rings (SSSR count). The summed E-state index contributed by atoms with van der Waals surface area (Å²) in [6.45, 7) is 4.29. The van der Waals surface area contributed by atoms with Crippen molar-refractivity contribution in [1.29, 1.82) is 0 Å². The van der Waals surface area contributed by atoms with E-state index in [2.05, 4.69) is 103 Å². The van der Waals surface area contributed by atoms with Crippen LogP contribution in [0.3, 0.4) is 0 Å². The lowest BCUT2D eigenvalue weighted by molar-refractivity contribution is 0.935. The largest absolute Gasteiger partial charge is 0.149 e. The average Bonchev–Trinajstić information content (AvgIpc) is 2.75. The van der Waals surface area contributed by atoms with Gasteiger partial charge in [-0.2, -0.15) is 0 Å². The fourth-order valence-corrected chi connectivity index (χ4v) is 4.00. The molecular weight excluding hydrogens is 360 g/mol. The van der Waals surface area contributed by atoms with Crippen LogP contribution >= 0.6 is 11.8 Å². The van der Waals surface area contributed by atoms with Crippen LogP contribution in [0.5, 0.6) is 0 Å². The molecule has 1 aromatic heterocycles. The van der Waals surface area contributed by atoms with E-state index >= 15 is 0 Å². The van der Waals surface area contributed by atoms with Gasteiger partial charge in [-0.25, -0.2) is 0 Å². The number of rotatable bonds is 5. The van der Waals surface area contributed by atoms with Crippen LogP contribution in [-0.4, -0.2) is 10.2 Å². The number of thioether (sulfide) groups is 1. The van der Waals surface area contributed by atoms with Crippen LogP contribution in [-0.2, 0) is 5.75 Å².